The second kappa shape index (κ2) is 6.05. The van der Waals surface area contributed by atoms with Crippen molar-refractivity contribution in [3.63, 3.8) is 0 Å². The Bertz CT molecular complexity index is 456. The van der Waals surface area contributed by atoms with Gasteiger partial charge in [0.2, 0.25) is 0 Å². The molecule has 5 heteroatoms. The monoisotopic (exact) mass is 251 g/mol. The first kappa shape index (κ1) is 14.0. The molecule has 3 N–H and O–H groups in total. The highest BCUT2D eigenvalue weighted by Gasteiger charge is 2.19. The zero-order chi connectivity index (χ0) is 13.7. The van der Waals surface area contributed by atoms with Crippen molar-refractivity contribution in [3.05, 3.63) is 29.3 Å². The molecule has 0 aromatic heterocycles. The molecule has 1 aromatic carbocycles. The van der Waals surface area contributed by atoms with Gasteiger partial charge in [0.15, 0.2) is 0 Å². The minimum absolute atomic E-state index is 0.106. The number of hydrogen-bond acceptors (Lipinski definition) is 3. The molecule has 0 aliphatic carbocycles. The summed E-state index contributed by atoms with van der Waals surface area (Å²) in [6.45, 7) is 3.53. The fourth-order valence-electron chi connectivity index (χ4n) is 1.58. The minimum atomic E-state index is -1.04. The Balaban J connectivity index is 2.80. The minimum Gasteiger partial charge on any atom is -0.508 e. The van der Waals surface area contributed by atoms with Gasteiger partial charge in [-0.3, -0.25) is 4.79 Å². The summed E-state index contributed by atoms with van der Waals surface area (Å²) in [6.07, 6.45) is 1.06. The summed E-state index contributed by atoms with van der Waals surface area (Å²) in [7, 11) is 0. The van der Waals surface area contributed by atoms with E-state index in [-0.39, 0.29) is 5.75 Å². The van der Waals surface area contributed by atoms with Crippen LogP contribution in [0.25, 0.3) is 0 Å². The molecule has 0 saturated carbocycles. The largest absolute Gasteiger partial charge is 0.508 e. The number of rotatable bonds is 5. The summed E-state index contributed by atoms with van der Waals surface area (Å²) in [5.41, 5.74) is 0.915. The number of phenols is 1. The molecule has 1 aromatic rings. The average molecular weight is 251 g/mol. The van der Waals surface area contributed by atoms with Crippen LogP contribution in [0.2, 0.25) is 0 Å². The first-order valence-corrected chi connectivity index (χ1v) is 5.79. The number of nitrogens with one attached hydrogen (secondary N) is 1. The Kier molecular flexibility index (Phi) is 4.71. The summed E-state index contributed by atoms with van der Waals surface area (Å²) in [4.78, 5) is 22.8. The topological polar surface area (TPSA) is 86.6 Å². The zero-order valence-corrected chi connectivity index (χ0v) is 10.4. The fraction of sp³-hybridized carbons (Fsp3) is 0.385. The molecule has 0 heterocycles. The van der Waals surface area contributed by atoms with Crippen LogP contribution in [-0.2, 0) is 4.79 Å². The standard InChI is InChI=1S/C13H17NO4/c1-3-4-10(13(17)18)14-12(16)9-5-6-11(15)8(2)7-9/h5-7,10,15H,3-4H2,1-2H3,(H,14,16)(H,17,18). The fourth-order valence-corrected chi connectivity index (χ4v) is 1.58. The molecule has 0 radical (unpaired) electrons. The third kappa shape index (κ3) is 3.48. The van der Waals surface area contributed by atoms with Crippen LogP contribution in [0.5, 0.6) is 5.75 Å². The van der Waals surface area contributed by atoms with Gasteiger partial charge in [-0.15, -0.1) is 0 Å². The SMILES string of the molecule is CCCC(NC(=O)c1ccc(O)c(C)c1)C(=O)O. The van der Waals surface area contributed by atoms with E-state index in [0.717, 1.165) is 0 Å². The number of amides is 1. The van der Waals surface area contributed by atoms with E-state index in [0.29, 0.717) is 24.0 Å². The maximum Gasteiger partial charge on any atom is 0.326 e. The molecule has 0 saturated heterocycles. The molecule has 0 spiro atoms. The highest BCUT2D eigenvalue weighted by atomic mass is 16.4. The van der Waals surface area contributed by atoms with E-state index in [1.807, 2.05) is 6.92 Å². The van der Waals surface area contributed by atoms with Crippen molar-refractivity contribution in [1.29, 1.82) is 0 Å². The normalized spacial score (nSPS) is 11.9. The third-order valence-electron chi connectivity index (χ3n) is 2.64. The second-order valence-electron chi connectivity index (χ2n) is 4.15. The van der Waals surface area contributed by atoms with Crippen molar-refractivity contribution >= 4 is 11.9 Å². The summed E-state index contributed by atoms with van der Waals surface area (Å²) < 4.78 is 0. The Morgan fingerprint density at radius 1 is 1.39 bits per heavy atom. The van der Waals surface area contributed by atoms with Gasteiger partial charge >= 0.3 is 5.97 Å². The average Bonchev–Trinajstić information content (AvgIpc) is 2.31. The molecule has 1 unspecified atom stereocenters. The smallest absolute Gasteiger partial charge is 0.326 e. The van der Waals surface area contributed by atoms with Gasteiger partial charge in [-0.25, -0.2) is 4.79 Å². The lowest BCUT2D eigenvalue weighted by molar-refractivity contribution is -0.139. The van der Waals surface area contributed by atoms with Crippen molar-refractivity contribution in [1.82, 2.24) is 5.32 Å². The molecular weight excluding hydrogens is 234 g/mol. The number of aromatic hydroxyl groups is 1. The van der Waals surface area contributed by atoms with E-state index in [1.165, 1.54) is 18.2 Å². The molecular formula is C13H17NO4. The maximum atomic E-state index is 11.8. The van der Waals surface area contributed by atoms with Crippen LogP contribution in [0.4, 0.5) is 0 Å². The Hall–Kier alpha value is -2.04. The van der Waals surface area contributed by atoms with Gasteiger partial charge in [0, 0.05) is 5.56 Å². The quantitative estimate of drug-likeness (QED) is 0.743. The van der Waals surface area contributed by atoms with E-state index < -0.39 is 17.9 Å². The molecule has 18 heavy (non-hydrogen) atoms. The maximum absolute atomic E-state index is 11.8. The van der Waals surface area contributed by atoms with E-state index in [4.69, 9.17) is 5.11 Å². The number of aryl methyl sites for hydroxylation is 1. The van der Waals surface area contributed by atoms with Crippen LogP contribution >= 0.6 is 0 Å². The Morgan fingerprint density at radius 3 is 2.56 bits per heavy atom. The second-order valence-corrected chi connectivity index (χ2v) is 4.15. The van der Waals surface area contributed by atoms with E-state index in [2.05, 4.69) is 5.32 Å². The number of hydrogen-bond donors (Lipinski definition) is 3. The molecule has 0 aliphatic heterocycles. The first-order chi connectivity index (χ1) is 8.45. The number of aliphatic carboxylic acids is 1. The number of carboxylic acid groups (broad SMARTS) is 1. The summed E-state index contributed by atoms with van der Waals surface area (Å²) in [5.74, 6) is -1.38. The number of phenolic OH excluding ortho intramolecular Hbond substituents is 1. The summed E-state index contributed by atoms with van der Waals surface area (Å²) >= 11 is 0. The number of carbonyl (C=O) groups excluding carboxylic acids is 1. The van der Waals surface area contributed by atoms with Gasteiger partial charge in [-0.1, -0.05) is 13.3 Å². The lowest BCUT2D eigenvalue weighted by Gasteiger charge is -2.13. The predicted octanol–water partition coefficient (Wildman–Crippen LogP) is 1.68. The van der Waals surface area contributed by atoms with E-state index in [9.17, 15) is 14.7 Å². The highest BCUT2D eigenvalue weighted by Crippen LogP contribution is 2.17. The number of benzene rings is 1. The van der Waals surface area contributed by atoms with Crippen molar-refractivity contribution < 1.29 is 19.8 Å². The molecule has 1 rings (SSSR count). The van der Waals surface area contributed by atoms with Gasteiger partial charge in [0.1, 0.15) is 11.8 Å². The lowest BCUT2D eigenvalue weighted by atomic mass is 10.1. The lowest BCUT2D eigenvalue weighted by Crippen LogP contribution is -2.40. The van der Waals surface area contributed by atoms with E-state index in [1.54, 1.807) is 6.92 Å². The summed E-state index contributed by atoms with van der Waals surface area (Å²) in [5, 5.41) is 20.8. The Morgan fingerprint density at radius 2 is 2.06 bits per heavy atom. The highest BCUT2D eigenvalue weighted by molar-refractivity contribution is 5.96. The molecule has 0 aliphatic rings. The molecule has 98 valence electrons. The van der Waals surface area contributed by atoms with Crippen LogP contribution in [0.3, 0.4) is 0 Å². The van der Waals surface area contributed by atoms with Crippen molar-refractivity contribution in [3.8, 4) is 5.75 Å². The van der Waals surface area contributed by atoms with Crippen LogP contribution in [-0.4, -0.2) is 28.1 Å². The van der Waals surface area contributed by atoms with Crippen LogP contribution in [0.1, 0.15) is 35.7 Å². The van der Waals surface area contributed by atoms with Crippen molar-refractivity contribution in [2.45, 2.75) is 32.7 Å². The van der Waals surface area contributed by atoms with E-state index >= 15 is 0 Å². The van der Waals surface area contributed by atoms with Crippen LogP contribution < -0.4 is 5.32 Å². The number of carboxylic acids is 1. The molecule has 0 bridgehead atoms. The molecule has 5 nitrogen and oxygen atoms in total. The van der Waals surface area contributed by atoms with Gasteiger partial charge in [-0.2, -0.15) is 0 Å². The summed E-state index contributed by atoms with van der Waals surface area (Å²) in [6, 6.07) is 3.52. The van der Waals surface area contributed by atoms with Crippen molar-refractivity contribution in [2.24, 2.45) is 0 Å². The molecule has 0 fully saturated rings. The zero-order valence-electron chi connectivity index (χ0n) is 10.4. The van der Waals surface area contributed by atoms with Crippen LogP contribution in [0, 0.1) is 6.92 Å². The van der Waals surface area contributed by atoms with Gasteiger partial charge in [-0.05, 0) is 37.1 Å². The van der Waals surface area contributed by atoms with Crippen LogP contribution in [0.15, 0.2) is 18.2 Å². The van der Waals surface area contributed by atoms with Gasteiger partial charge in [0.25, 0.3) is 5.91 Å². The van der Waals surface area contributed by atoms with Crippen molar-refractivity contribution in [2.75, 3.05) is 0 Å². The third-order valence-corrected chi connectivity index (χ3v) is 2.64. The first-order valence-electron chi connectivity index (χ1n) is 5.79. The number of carbonyl (C=O) groups is 2. The van der Waals surface area contributed by atoms with Gasteiger partial charge < -0.3 is 15.5 Å². The van der Waals surface area contributed by atoms with Gasteiger partial charge in [0.05, 0.1) is 0 Å². The molecule has 1 amide bonds. The Labute approximate surface area is 105 Å². The molecule has 1 atom stereocenters. The predicted molar refractivity (Wildman–Crippen MR) is 66.6 cm³/mol.